The number of nitrogens with two attached hydrogens (primary N) is 1. The maximum Gasteiger partial charge on any atom is 0.407 e. The summed E-state index contributed by atoms with van der Waals surface area (Å²) >= 11 is 0. The Labute approximate surface area is 558 Å². The van der Waals surface area contributed by atoms with Gasteiger partial charge in [0, 0.05) is 38.4 Å². The first-order chi connectivity index (χ1) is 44.3. The Kier molecular flexibility index (Phi) is 33.1. The second-order valence-corrected chi connectivity index (χ2v) is 27.7. The highest BCUT2D eigenvalue weighted by Crippen LogP contribution is 2.29. The van der Waals surface area contributed by atoms with E-state index < -0.39 is 143 Å². The molecule has 27 heteroatoms. The van der Waals surface area contributed by atoms with Crippen LogP contribution >= 0.6 is 0 Å². The lowest BCUT2D eigenvalue weighted by molar-refractivity contribution is -0.160. The molecular weight excluding hydrogens is 1230 g/mol. The van der Waals surface area contributed by atoms with Crippen molar-refractivity contribution in [2.75, 3.05) is 33.4 Å². The first kappa shape index (κ1) is 80.9. The summed E-state index contributed by atoms with van der Waals surface area (Å²) in [6.07, 6.45) is 2.84. The third-order valence-corrected chi connectivity index (χ3v) is 14.4. The van der Waals surface area contributed by atoms with Gasteiger partial charge in [-0.15, -0.1) is 0 Å². The lowest BCUT2D eigenvalue weighted by atomic mass is 9.81. The molecule has 1 aliphatic carbocycles. The molecule has 2 aromatic carbocycles. The third-order valence-electron chi connectivity index (χ3n) is 14.4. The number of amides is 8. The molecule has 3 rings (SSSR count). The topological polar surface area (TPSA) is 382 Å². The Balaban J connectivity index is 1.70. The monoisotopic (exact) mass is 1340 g/mol. The van der Waals surface area contributed by atoms with Gasteiger partial charge in [-0.3, -0.25) is 33.6 Å². The molecule has 10 N–H and O–H groups in total. The van der Waals surface area contributed by atoms with E-state index in [-0.39, 0.29) is 70.2 Å². The molecule has 4 unspecified atom stereocenters. The average Bonchev–Trinajstić information content (AvgIpc) is 0.898. The largest absolute Gasteiger partial charge is 0.467 e. The van der Waals surface area contributed by atoms with E-state index in [1.54, 1.807) is 83.1 Å². The molecule has 1 saturated carbocycles. The number of hydrogen-bond acceptors (Lipinski definition) is 19. The zero-order chi connectivity index (χ0) is 71.3. The zero-order valence-electron chi connectivity index (χ0n) is 57.8. The predicted molar refractivity (Wildman–Crippen MR) is 353 cm³/mol. The van der Waals surface area contributed by atoms with Crippen LogP contribution in [0.2, 0.25) is 0 Å². The van der Waals surface area contributed by atoms with Crippen molar-refractivity contribution in [2.24, 2.45) is 17.6 Å². The third kappa shape index (κ3) is 33.5. The fraction of sp³-hybridized carbons (Fsp3) is 0.647. The van der Waals surface area contributed by atoms with Gasteiger partial charge in [0.15, 0.2) is 0 Å². The molecule has 1 aliphatic rings. The van der Waals surface area contributed by atoms with Gasteiger partial charge >= 0.3 is 42.0 Å². The number of alkyl carbamates (subject to hydrolysis) is 1. The first-order valence-corrected chi connectivity index (χ1v) is 32.6. The van der Waals surface area contributed by atoms with Crippen LogP contribution in [0.15, 0.2) is 55.1 Å². The number of methoxy groups -OCH3 is 1. The molecule has 95 heavy (non-hydrogen) atoms. The Bertz CT molecular complexity index is 2940. The first-order valence-electron chi connectivity index (χ1n) is 32.6. The Hall–Kier alpha value is -8.36. The van der Waals surface area contributed by atoms with Crippen molar-refractivity contribution >= 4 is 82.3 Å². The Morgan fingerprint density at radius 3 is 1.64 bits per heavy atom. The number of benzene rings is 2. The summed E-state index contributed by atoms with van der Waals surface area (Å²) < 4.78 is 31.6. The van der Waals surface area contributed by atoms with E-state index in [1.165, 1.54) is 6.08 Å². The summed E-state index contributed by atoms with van der Waals surface area (Å²) in [4.78, 5) is 159. The van der Waals surface area contributed by atoms with Gasteiger partial charge in [-0.05, 0) is 176 Å². The number of fused-ring (bicyclic) bond motifs is 1. The molecule has 8 amide bonds. The van der Waals surface area contributed by atoms with Crippen molar-refractivity contribution in [3.05, 3.63) is 60.7 Å². The molecule has 0 heterocycles. The highest BCUT2D eigenvalue weighted by Gasteiger charge is 2.35. The van der Waals surface area contributed by atoms with E-state index in [9.17, 15) is 57.5 Å². The molecule has 1 fully saturated rings. The van der Waals surface area contributed by atoms with E-state index in [0.29, 0.717) is 51.4 Å². The Morgan fingerprint density at radius 1 is 0.547 bits per heavy atom. The smallest absolute Gasteiger partial charge is 0.407 e. The summed E-state index contributed by atoms with van der Waals surface area (Å²) in [7, 11) is 1.16. The second kappa shape index (κ2) is 38.9. The molecule has 0 spiro atoms. The summed E-state index contributed by atoms with van der Waals surface area (Å²) in [6.45, 7) is 23.8. The lowest BCUT2D eigenvalue weighted by Crippen LogP contribution is -2.52. The molecule has 0 aliphatic heterocycles. The van der Waals surface area contributed by atoms with Crippen LogP contribution in [0.1, 0.15) is 179 Å². The minimum Gasteiger partial charge on any atom is -0.467 e. The molecule has 0 aromatic heterocycles. The van der Waals surface area contributed by atoms with Crippen molar-refractivity contribution in [3.63, 3.8) is 0 Å². The van der Waals surface area contributed by atoms with Gasteiger partial charge in [0.05, 0.1) is 20.0 Å². The van der Waals surface area contributed by atoms with Gasteiger partial charge in [0.2, 0.25) is 29.5 Å². The molecule has 6 atom stereocenters. The van der Waals surface area contributed by atoms with Gasteiger partial charge in [-0.2, -0.15) is 0 Å². The average molecular weight is 1340 g/mol. The number of carbonyl (C=O) groups excluding carboxylic acids is 12. The zero-order valence-corrected chi connectivity index (χ0v) is 57.8. The van der Waals surface area contributed by atoms with E-state index >= 15 is 0 Å². The predicted octanol–water partition coefficient (Wildman–Crippen LogP) is 5.59. The van der Waals surface area contributed by atoms with Crippen LogP contribution in [0, 0.1) is 11.8 Å². The van der Waals surface area contributed by atoms with Crippen molar-refractivity contribution < 1.29 is 86.0 Å². The van der Waals surface area contributed by atoms with Crippen molar-refractivity contribution in [1.29, 1.82) is 0 Å². The summed E-state index contributed by atoms with van der Waals surface area (Å²) in [5.41, 5.74) is 3.16. The molecular formula is C68H105N9O18. The van der Waals surface area contributed by atoms with Crippen LogP contribution in [0.4, 0.5) is 9.59 Å². The van der Waals surface area contributed by atoms with E-state index in [4.69, 9.17) is 34.2 Å². The molecule has 27 nitrogen and oxygen atoms in total. The van der Waals surface area contributed by atoms with E-state index in [2.05, 4.69) is 49.1 Å². The molecule has 0 radical (unpaired) electrons. The maximum atomic E-state index is 14.1. The number of ether oxygens (including phenoxy) is 6. The number of carbonyl (C=O) groups is 12. The minimum absolute atomic E-state index is 0.00839. The number of unbranched alkanes of at least 4 members (excludes halogenated alkanes) is 2. The summed E-state index contributed by atoms with van der Waals surface area (Å²) in [5.74, 6) is -7.40. The van der Waals surface area contributed by atoms with Crippen LogP contribution in [0.5, 0.6) is 0 Å². The van der Waals surface area contributed by atoms with Crippen LogP contribution in [0.25, 0.3) is 10.8 Å². The van der Waals surface area contributed by atoms with Crippen molar-refractivity contribution in [3.8, 4) is 0 Å². The fourth-order valence-electron chi connectivity index (χ4n) is 9.97. The summed E-state index contributed by atoms with van der Waals surface area (Å²) in [6, 6.07) is 5.18. The van der Waals surface area contributed by atoms with Gasteiger partial charge in [0.25, 0.3) is 0 Å². The van der Waals surface area contributed by atoms with E-state index in [0.717, 1.165) is 23.4 Å². The normalized spacial score (nSPS) is 16.0. The quantitative estimate of drug-likeness (QED) is 0.0176. The highest BCUT2D eigenvalue weighted by atomic mass is 16.6. The maximum absolute atomic E-state index is 14.1. The van der Waals surface area contributed by atoms with E-state index in [1.807, 2.05) is 42.5 Å². The van der Waals surface area contributed by atoms with Crippen LogP contribution in [0.3, 0.4) is 0 Å². The van der Waals surface area contributed by atoms with Crippen molar-refractivity contribution in [2.45, 2.75) is 238 Å². The number of nitrogens with one attached hydrogen (secondary N) is 8. The van der Waals surface area contributed by atoms with Crippen molar-refractivity contribution in [1.82, 2.24) is 42.5 Å². The van der Waals surface area contributed by atoms with Crippen LogP contribution < -0.4 is 48.3 Å². The van der Waals surface area contributed by atoms with Gasteiger partial charge < -0.3 is 76.7 Å². The molecule has 2 aromatic rings. The van der Waals surface area contributed by atoms with Gasteiger partial charge in [-0.25, -0.2) is 24.0 Å². The lowest BCUT2D eigenvalue weighted by Gasteiger charge is -2.30. The Morgan fingerprint density at radius 2 is 1.06 bits per heavy atom. The molecule has 0 bridgehead atoms. The van der Waals surface area contributed by atoms with Crippen LogP contribution in [-0.4, -0.2) is 164 Å². The number of urea groups is 1. The molecule has 530 valence electrons. The van der Waals surface area contributed by atoms with Gasteiger partial charge in [-0.1, -0.05) is 55.1 Å². The van der Waals surface area contributed by atoms with Crippen LogP contribution in [-0.2, 0) is 82.8 Å². The highest BCUT2D eigenvalue weighted by molar-refractivity contribution is 5.94. The number of esters is 5. The fourth-order valence-corrected chi connectivity index (χ4v) is 9.97. The SMILES string of the molecule is C=CCOC(=O)NCCCCC(NC(=O)CC(NC(=O)CC(N)C(=O)OC(C)(C)C)C(=O)OC(C)(C)C)C(=O)NCC1CCC(C(=O)N[C@@H](Cc2ccc3ccccc3c2)C(=O)NCCCCC(NC(=O)N[C@@H](CCC(=O)OC(C)(C)C)C(=O)OC(C)(C)C)C(=O)OC)CC1. The van der Waals surface area contributed by atoms with Gasteiger partial charge in [0.1, 0.15) is 65.3 Å². The second-order valence-electron chi connectivity index (χ2n) is 27.7. The number of rotatable bonds is 35. The number of hydrogen-bond donors (Lipinski definition) is 9. The standard InChI is InChI=1S/C68H105N9O18/c1-15-36-91-64(89)71-35-21-18-24-48(73-54(79)40-52(62(87)95-68(11,12)13)74-53(78)39-47(69)59(84)93-66(5,6)7)57(82)72-41-42-26-30-45(31-27-42)56(81)75-51(38-43-28-29-44-22-16-17-23-46(44)37-43)58(83)70-34-20-19-25-49(60(85)90-14)76-63(88)77-50(61(86)94-67(8,9)10)32-33-55(80)92-65(2,3)4/h15-17,22-23,28-29,37,42,45,47-52H,1,18-21,24-27,30-36,38-41,69H2,2-14H3,(H,70,83)(H,71,89)(H,72,82)(H,73,79)(H,74,78)(H,75,81)(H2,76,77,88)/t42?,45?,47?,48?,49?,50-,51-,52?/m0/s1. The molecule has 0 saturated heterocycles. The summed E-state index contributed by atoms with van der Waals surface area (Å²) in [5, 5.41) is 23.6. The minimum atomic E-state index is -1.54.